The largest absolute Gasteiger partial charge is 0.456 e. The maximum Gasteiger partial charge on any atom is 0.333 e. The number of rotatable bonds is 3. The number of hydrogen-bond donors (Lipinski definition) is 6. The van der Waals surface area contributed by atoms with E-state index in [0.717, 1.165) is 58.0 Å². The average molecular weight is 749 g/mol. The van der Waals surface area contributed by atoms with E-state index in [-0.39, 0.29) is 66.2 Å². The number of fused-ring (bicyclic) bond motifs is 8. The van der Waals surface area contributed by atoms with Crippen molar-refractivity contribution in [3.05, 3.63) is 34.4 Å². The number of aliphatic hydroxyl groups is 2. The van der Waals surface area contributed by atoms with E-state index in [1.54, 1.807) is 18.6 Å². The zero-order valence-electron chi connectivity index (χ0n) is 32.5. The van der Waals surface area contributed by atoms with Crippen LogP contribution in [-0.2, 0) is 23.8 Å². The Morgan fingerprint density at radius 2 is 1.81 bits per heavy atom. The number of hydrogen-bond acceptors (Lipinski definition) is 11. The molecule has 16 atom stereocenters. The van der Waals surface area contributed by atoms with Crippen LogP contribution in [0.4, 0.5) is 0 Å². The molecule has 2 bridgehead atoms. The van der Waals surface area contributed by atoms with Crippen LogP contribution in [0.15, 0.2) is 34.4 Å². The van der Waals surface area contributed by atoms with Crippen molar-refractivity contribution in [1.82, 2.24) is 10.6 Å². The van der Waals surface area contributed by atoms with Crippen molar-refractivity contribution in [2.75, 3.05) is 19.7 Å². The van der Waals surface area contributed by atoms with Gasteiger partial charge in [0.2, 0.25) is 0 Å². The SMILES string of the molecule is CC=C(C)C(=O)OC1CC2C(O)C3C(=O)CC(CO)OC3C3CC4CCNC(N)C4C4=CC5(CCCCC5)C5=C4C(CC4CNC(N)CC4C5)C1(C)OC23. The lowest BCUT2D eigenvalue weighted by atomic mass is 9.57. The van der Waals surface area contributed by atoms with Crippen molar-refractivity contribution in [1.29, 1.82) is 0 Å². The Morgan fingerprint density at radius 3 is 2.57 bits per heavy atom. The quantitative estimate of drug-likeness (QED) is 0.184. The van der Waals surface area contributed by atoms with E-state index in [9.17, 15) is 19.8 Å². The number of nitrogens with two attached hydrogens (primary N) is 2. The highest BCUT2D eigenvalue weighted by atomic mass is 16.6. The van der Waals surface area contributed by atoms with Crippen LogP contribution in [-0.4, -0.2) is 90.1 Å². The number of nitrogens with one attached hydrogen (secondary N) is 2. The van der Waals surface area contributed by atoms with Gasteiger partial charge in [-0.15, -0.1) is 0 Å². The first-order valence-corrected chi connectivity index (χ1v) is 21.4. The zero-order chi connectivity index (χ0) is 37.7. The summed E-state index contributed by atoms with van der Waals surface area (Å²) >= 11 is 0. The molecule has 5 heterocycles. The van der Waals surface area contributed by atoms with Crippen molar-refractivity contribution >= 4 is 11.8 Å². The molecular formula is C43H64N4O7. The highest BCUT2D eigenvalue weighted by Crippen LogP contribution is 2.64. The third-order valence-corrected chi connectivity index (χ3v) is 16.3. The molecule has 2 saturated carbocycles. The van der Waals surface area contributed by atoms with Crippen LogP contribution in [0.2, 0.25) is 0 Å². The van der Waals surface area contributed by atoms with Gasteiger partial charge in [0.05, 0.1) is 49.3 Å². The second-order valence-corrected chi connectivity index (χ2v) is 19.0. The predicted molar refractivity (Wildman–Crippen MR) is 202 cm³/mol. The first-order chi connectivity index (χ1) is 26.0. The Hall–Kier alpha value is -1.96. The molecule has 0 aromatic carbocycles. The number of carbonyl (C=O) groups is 2. The fourth-order valence-corrected chi connectivity index (χ4v) is 13.5. The molecule has 16 unspecified atom stereocenters. The first kappa shape index (κ1) is 37.6. The van der Waals surface area contributed by atoms with Gasteiger partial charge in [0.25, 0.3) is 0 Å². The van der Waals surface area contributed by atoms with Gasteiger partial charge in [-0.05, 0) is 114 Å². The van der Waals surface area contributed by atoms with Crippen LogP contribution in [0.25, 0.3) is 0 Å². The monoisotopic (exact) mass is 748 g/mol. The summed E-state index contributed by atoms with van der Waals surface area (Å²) in [6.07, 6.45) is 11.7. The topological polar surface area (TPSA) is 178 Å². The Labute approximate surface area is 320 Å². The minimum atomic E-state index is -1.02. The van der Waals surface area contributed by atoms with Gasteiger partial charge in [0, 0.05) is 41.1 Å². The maximum atomic E-state index is 13.9. The summed E-state index contributed by atoms with van der Waals surface area (Å²) in [4.78, 5) is 27.8. The van der Waals surface area contributed by atoms with Crippen LogP contribution in [0, 0.1) is 52.8 Å². The van der Waals surface area contributed by atoms with Gasteiger partial charge in [0.15, 0.2) is 0 Å². The van der Waals surface area contributed by atoms with E-state index in [2.05, 4.69) is 23.6 Å². The smallest absolute Gasteiger partial charge is 0.333 e. The molecule has 298 valence electrons. The third-order valence-electron chi connectivity index (χ3n) is 16.3. The molecule has 54 heavy (non-hydrogen) atoms. The Bertz CT molecular complexity index is 1600. The van der Waals surface area contributed by atoms with Crippen molar-refractivity contribution in [2.24, 2.45) is 64.2 Å². The lowest BCUT2D eigenvalue weighted by Crippen LogP contribution is -2.70. The number of esters is 1. The number of piperidine rings is 2. The summed E-state index contributed by atoms with van der Waals surface area (Å²) < 4.78 is 21.0. The second-order valence-electron chi connectivity index (χ2n) is 19.0. The van der Waals surface area contributed by atoms with Gasteiger partial charge in [0.1, 0.15) is 17.5 Å². The van der Waals surface area contributed by atoms with Gasteiger partial charge in [-0.1, -0.05) is 37.0 Å². The standard InChI is InChI=1S/C43H64N4O7/c1-4-21(2)41(51)53-32-17-26-37(50)36-31(49)16-25(20-48)52-39(36)27-12-22-8-11-46-40(45)34(22)28-18-43(9-6-5-7-10-43)30-13-23-15-33(44)47-19-24(23)14-29(35(28)30)42(32,3)54-38(26)27/h4,18,22-27,29,32-34,36-40,46-48,50H,5-17,19-20,44-45H2,1-3H3. The molecular weight excluding hydrogens is 684 g/mol. The zero-order valence-corrected chi connectivity index (χ0v) is 32.5. The van der Waals surface area contributed by atoms with Gasteiger partial charge in [-0.2, -0.15) is 0 Å². The minimum Gasteiger partial charge on any atom is -0.456 e. The molecule has 9 aliphatic rings. The van der Waals surface area contributed by atoms with Crippen molar-refractivity contribution < 1.29 is 34.0 Å². The van der Waals surface area contributed by atoms with Crippen molar-refractivity contribution in [2.45, 2.75) is 146 Å². The molecule has 0 aromatic heterocycles. The van der Waals surface area contributed by atoms with Gasteiger partial charge in [-0.3, -0.25) is 4.79 Å². The Morgan fingerprint density at radius 1 is 1.02 bits per heavy atom. The van der Waals surface area contributed by atoms with Gasteiger partial charge < -0.3 is 46.5 Å². The second kappa shape index (κ2) is 14.1. The molecule has 11 nitrogen and oxygen atoms in total. The van der Waals surface area contributed by atoms with Crippen LogP contribution < -0.4 is 22.1 Å². The molecule has 7 fully saturated rings. The van der Waals surface area contributed by atoms with E-state index >= 15 is 0 Å². The summed E-state index contributed by atoms with van der Waals surface area (Å²) in [5.41, 5.74) is 17.8. The number of carbonyl (C=O) groups excluding carboxylic acids is 2. The third kappa shape index (κ3) is 5.88. The summed E-state index contributed by atoms with van der Waals surface area (Å²) in [6.45, 7) is 7.20. The van der Waals surface area contributed by atoms with Gasteiger partial charge >= 0.3 is 5.97 Å². The molecule has 5 saturated heterocycles. The van der Waals surface area contributed by atoms with E-state index in [4.69, 9.17) is 25.7 Å². The number of ketones is 1. The fourth-order valence-electron chi connectivity index (χ4n) is 13.5. The maximum absolute atomic E-state index is 13.9. The fraction of sp³-hybridized carbons (Fsp3) is 0.814. The molecule has 0 aromatic rings. The van der Waals surface area contributed by atoms with Crippen molar-refractivity contribution in [3.8, 4) is 0 Å². The van der Waals surface area contributed by atoms with Gasteiger partial charge in [-0.25, -0.2) is 4.79 Å². The minimum absolute atomic E-state index is 0.0383. The predicted octanol–water partition coefficient (Wildman–Crippen LogP) is 3.38. The van der Waals surface area contributed by atoms with Crippen molar-refractivity contribution in [3.63, 3.8) is 0 Å². The Balaban J connectivity index is 1.26. The average Bonchev–Trinajstić information content (AvgIpc) is 3.31. The van der Waals surface area contributed by atoms with E-state index in [1.165, 1.54) is 30.4 Å². The van der Waals surface area contributed by atoms with Crippen LogP contribution >= 0.6 is 0 Å². The molecule has 4 aliphatic carbocycles. The summed E-state index contributed by atoms with van der Waals surface area (Å²) in [7, 11) is 0. The number of allylic oxidation sites excluding steroid dienone is 3. The molecule has 9 rings (SSSR count). The summed E-state index contributed by atoms with van der Waals surface area (Å²) in [6, 6.07) is 0. The number of Topliss-reactive ketones (excluding diaryl/α,β-unsaturated/α-hetero) is 1. The van der Waals surface area contributed by atoms with Crippen LogP contribution in [0.1, 0.15) is 97.8 Å². The molecule has 11 heteroatoms. The van der Waals surface area contributed by atoms with E-state index in [0.29, 0.717) is 23.8 Å². The highest BCUT2D eigenvalue weighted by Gasteiger charge is 2.66. The lowest BCUT2D eigenvalue weighted by molar-refractivity contribution is -0.294. The normalized spacial score (nSPS) is 48.4. The highest BCUT2D eigenvalue weighted by molar-refractivity contribution is 5.88. The number of aliphatic hydroxyl groups excluding tert-OH is 2. The molecule has 0 radical (unpaired) electrons. The van der Waals surface area contributed by atoms with E-state index in [1.807, 2.05) is 6.92 Å². The molecule has 8 N–H and O–H groups in total. The van der Waals surface area contributed by atoms with E-state index < -0.39 is 48.0 Å². The Kier molecular flexibility index (Phi) is 9.85. The molecule has 5 aliphatic heterocycles. The lowest BCUT2D eigenvalue weighted by Gasteiger charge is -2.61. The number of ether oxygens (including phenoxy) is 3. The molecule has 0 amide bonds. The summed E-state index contributed by atoms with van der Waals surface area (Å²) in [5, 5.41) is 29.8. The first-order valence-electron chi connectivity index (χ1n) is 21.4. The van der Waals surface area contributed by atoms with Crippen LogP contribution in [0.3, 0.4) is 0 Å². The van der Waals surface area contributed by atoms with Crippen LogP contribution in [0.5, 0.6) is 0 Å². The summed E-state index contributed by atoms with van der Waals surface area (Å²) in [5.74, 6) is -0.881. The molecule has 1 spiro atoms.